The fourth-order valence-electron chi connectivity index (χ4n) is 1.98. The van der Waals surface area contributed by atoms with E-state index in [0.717, 1.165) is 6.42 Å². The van der Waals surface area contributed by atoms with E-state index in [9.17, 15) is 14.7 Å². The summed E-state index contributed by atoms with van der Waals surface area (Å²) in [5, 5.41) is 12.2. The Bertz CT molecular complexity index is 335. The summed E-state index contributed by atoms with van der Waals surface area (Å²) >= 11 is 0. The smallest absolute Gasteiger partial charge is 0.288 e. The van der Waals surface area contributed by atoms with Gasteiger partial charge in [-0.05, 0) is 6.42 Å². The van der Waals surface area contributed by atoms with Crippen LogP contribution >= 0.6 is 0 Å². The highest BCUT2D eigenvalue weighted by Gasteiger charge is 2.37. The Morgan fingerprint density at radius 3 is 2.93 bits per heavy atom. The van der Waals surface area contributed by atoms with E-state index in [0.29, 0.717) is 13.1 Å². The Morgan fingerprint density at radius 1 is 1.50 bits per heavy atom. The molecule has 5 nitrogen and oxygen atoms in total. The van der Waals surface area contributed by atoms with Crippen molar-refractivity contribution in [3.05, 3.63) is 11.3 Å². The van der Waals surface area contributed by atoms with Crippen LogP contribution in [0, 0.1) is 5.92 Å². The van der Waals surface area contributed by atoms with Gasteiger partial charge in [0, 0.05) is 26.1 Å². The lowest BCUT2D eigenvalue weighted by Gasteiger charge is -2.33. The lowest BCUT2D eigenvalue weighted by Crippen LogP contribution is -2.47. The molecule has 0 bridgehead atoms. The van der Waals surface area contributed by atoms with Gasteiger partial charge in [-0.25, -0.2) is 0 Å². The van der Waals surface area contributed by atoms with Crippen molar-refractivity contribution in [2.24, 2.45) is 5.92 Å². The van der Waals surface area contributed by atoms with E-state index < -0.39 is 5.91 Å². The van der Waals surface area contributed by atoms with Crippen LogP contribution in [0.5, 0.6) is 0 Å². The Kier molecular flexibility index (Phi) is 1.94. The Hall–Kier alpha value is -1.52. The van der Waals surface area contributed by atoms with E-state index in [1.54, 1.807) is 7.05 Å². The van der Waals surface area contributed by atoms with Crippen LogP contribution in [-0.4, -0.2) is 42.0 Å². The van der Waals surface area contributed by atoms with Gasteiger partial charge in [-0.3, -0.25) is 9.59 Å². The van der Waals surface area contributed by atoms with Gasteiger partial charge in [0.05, 0.1) is 5.57 Å². The van der Waals surface area contributed by atoms with Crippen molar-refractivity contribution in [2.75, 3.05) is 20.1 Å². The van der Waals surface area contributed by atoms with E-state index >= 15 is 0 Å². The van der Waals surface area contributed by atoms with Crippen molar-refractivity contribution >= 4 is 11.8 Å². The molecule has 76 valence electrons. The molecule has 14 heavy (non-hydrogen) atoms. The summed E-state index contributed by atoms with van der Waals surface area (Å²) in [4.78, 5) is 24.2. The summed E-state index contributed by atoms with van der Waals surface area (Å²) in [6, 6.07) is 0. The zero-order valence-corrected chi connectivity index (χ0v) is 7.91. The summed E-state index contributed by atoms with van der Waals surface area (Å²) < 4.78 is 0. The molecule has 1 atom stereocenters. The van der Waals surface area contributed by atoms with Gasteiger partial charge in [0.15, 0.2) is 5.76 Å². The summed E-state index contributed by atoms with van der Waals surface area (Å²) in [6.07, 6.45) is 0.781. The summed E-state index contributed by atoms with van der Waals surface area (Å²) in [5.74, 6) is -1.17. The number of aliphatic hydroxyl groups is 1. The van der Waals surface area contributed by atoms with Gasteiger partial charge in [-0.15, -0.1) is 0 Å². The van der Waals surface area contributed by atoms with E-state index in [1.807, 2.05) is 0 Å². The predicted octanol–water partition coefficient (Wildman–Crippen LogP) is -0.593. The second-order valence-corrected chi connectivity index (χ2v) is 3.69. The van der Waals surface area contributed by atoms with Crippen molar-refractivity contribution in [1.82, 2.24) is 10.2 Å². The number of nitrogens with one attached hydrogen (secondary N) is 1. The quantitative estimate of drug-likeness (QED) is 0.544. The molecule has 2 heterocycles. The first-order valence-electron chi connectivity index (χ1n) is 4.58. The molecule has 0 saturated carbocycles. The number of nitrogens with zero attached hydrogens (tertiary/aromatic N) is 1. The first kappa shape index (κ1) is 9.05. The zero-order chi connectivity index (χ0) is 10.3. The number of piperidine rings is 1. The molecule has 2 amide bonds. The molecule has 0 spiro atoms. The third-order valence-electron chi connectivity index (χ3n) is 2.73. The molecule has 1 saturated heterocycles. The lowest BCUT2D eigenvalue weighted by atomic mass is 9.87. The third kappa shape index (κ3) is 1.16. The molecular formula is C9H12N2O3. The molecule has 2 aliphatic rings. The number of likely N-dealkylation sites (N-methyl/N-ethyl adjacent to an activating group) is 1. The van der Waals surface area contributed by atoms with Gasteiger partial charge in [0.2, 0.25) is 0 Å². The van der Waals surface area contributed by atoms with E-state index in [1.165, 1.54) is 4.90 Å². The van der Waals surface area contributed by atoms with Crippen molar-refractivity contribution in [2.45, 2.75) is 6.42 Å². The topological polar surface area (TPSA) is 69.6 Å². The molecule has 2 N–H and O–H groups in total. The third-order valence-corrected chi connectivity index (χ3v) is 2.73. The standard InChI is InChI=1S/C9H12N2O3/c1-11-4-5-2-3-10-8(13)6(5)7(12)9(11)14/h5,12H,2-4H2,1H3,(H,10,13). The average Bonchev–Trinajstić information content (AvgIpc) is 2.14. The second kappa shape index (κ2) is 3.01. The van der Waals surface area contributed by atoms with Gasteiger partial charge < -0.3 is 15.3 Å². The van der Waals surface area contributed by atoms with Gasteiger partial charge in [0.1, 0.15) is 0 Å². The van der Waals surface area contributed by atoms with Crippen molar-refractivity contribution in [1.29, 1.82) is 0 Å². The Balaban J connectivity index is 2.43. The molecule has 0 aromatic rings. The van der Waals surface area contributed by atoms with Crippen LogP contribution in [0.15, 0.2) is 11.3 Å². The maximum atomic E-state index is 11.4. The molecule has 1 unspecified atom stereocenters. The molecule has 5 heteroatoms. The number of hydrogen-bond acceptors (Lipinski definition) is 3. The minimum Gasteiger partial charge on any atom is -0.503 e. The zero-order valence-electron chi connectivity index (χ0n) is 7.91. The first-order valence-corrected chi connectivity index (χ1v) is 4.58. The second-order valence-electron chi connectivity index (χ2n) is 3.69. The largest absolute Gasteiger partial charge is 0.503 e. The molecule has 0 aliphatic carbocycles. The van der Waals surface area contributed by atoms with Crippen LogP contribution in [0.2, 0.25) is 0 Å². The maximum absolute atomic E-state index is 11.4. The predicted molar refractivity (Wildman–Crippen MR) is 48.4 cm³/mol. The number of carbonyl (C=O) groups excluding carboxylic acids is 2. The molecule has 1 fully saturated rings. The van der Waals surface area contributed by atoms with Crippen molar-refractivity contribution < 1.29 is 14.7 Å². The van der Waals surface area contributed by atoms with Gasteiger partial charge >= 0.3 is 0 Å². The fourth-order valence-corrected chi connectivity index (χ4v) is 1.98. The van der Waals surface area contributed by atoms with Crippen LogP contribution in [0.1, 0.15) is 6.42 Å². The molecule has 2 aliphatic heterocycles. The monoisotopic (exact) mass is 196 g/mol. The Morgan fingerprint density at radius 2 is 2.21 bits per heavy atom. The normalized spacial score (nSPS) is 27.5. The minimum atomic E-state index is -0.465. The highest BCUT2D eigenvalue weighted by molar-refractivity contribution is 6.05. The number of amides is 2. The van der Waals surface area contributed by atoms with Crippen LogP contribution in [0.4, 0.5) is 0 Å². The Labute approximate surface area is 81.4 Å². The fraction of sp³-hybridized carbons (Fsp3) is 0.556. The molecule has 0 radical (unpaired) electrons. The van der Waals surface area contributed by atoms with E-state index in [4.69, 9.17) is 0 Å². The van der Waals surface area contributed by atoms with E-state index in [-0.39, 0.29) is 23.2 Å². The lowest BCUT2D eigenvalue weighted by molar-refractivity contribution is -0.132. The number of carbonyl (C=O) groups is 2. The summed E-state index contributed by atoms with van der Waals surface area (Å²) in [7, 11) is 1.63. The first-order chi connectivity index (χ1) is 6.61. The molecule has 2 rings (SSSR count). The van der Waals surface area contributed by atoms with Crippen LogP contribution < -0.4 is 5.32 Å². The number of aliphatic hydroxyl groups excluding tert-OH is 1. The van der Waals surface area contributed by atoms with Gasteiger partial charge in [-0.2, -0.15) is 0 Å². The number of hydrogen-bond donors (Lipinski definition) is 2. The molecular weight excluding hydrogens is 184 g/mol. The highest BCUT2D eigenvalue weighted by Crippen LogP contribution is 2.27. The average molecular weight is 196 g/mol. The summed E-state index contributed by atoms with van der Waals surface area (Å²) in [5.41, 5.74) is 0.263. The van der Waals surface area contributed by atoms with E-state index in [2.05, 4.69) is 5.32 Å². The molecule has 0 aromatic carbocycles. The maximum Gasteiger partial charge on any atom is 0.288 e. The minimum absolute atomic E-state index is 0.00792. The van der Waals surface area contributed by atoms with Gasteiger partial charge in [0.25, 0.3) is 11.8 Å². The SMILES string of the molecule is CN1CC2CCNC(=O)C2=C(O)C1=O. The highest BCUT2D eigenvalue weighted by atomic mass is 16.3. The van der Waals surface area contributed by atoms with Crippen molar-refractivity contribution in [3.8, 4) is 0 Å². The molecule has 0 aromatic heterocycles. The number of rotatable bonds is 0. The van der Waals surface area contributed by atoms with Crippen molar-refractivity contribution in [3.63, 3.8) is 0 Å². The summed E-state index contributed by atoms with van der Waals surface area (Å²) in [6.45, 7) is 1.13. The van der Waals surface area contributed by atoms with Crippen LogP contribution in [-0.2, 0) is 9.59 Å². The van der Waals surface area contributed by atoms with Gasteiger partial charge in [-0.1, -0.05) is 0 Å². The van der Waals surface area contributed by atoms with Crippen LogP contribution in [0.25, 0.3) is 0 Å². The number of fused-ring (bicyclic) bond motifs is 1. The van der Waals surface area contributed by atoms with Crippen LogP contribution in [0.3, 0.4) is 0 Å².